The Morgan fingerprint density at radius 1 is 1.30 bits per heavy atom. The second kappa shape index (κ2) is 5.99. The molecule has 0 fully saturated rings. The van der Waals surface area contributed by atoms with E-state index < -0.39 is 0 Å². The molecule has 7 heteroatoms. The highest BCUT2D eigenvalue weighted by Crippen LogP contribution is 2.32. The van der Waals surface area contributed by atoms with Gasteiger partial charge in [-0.1, -0.05) is 23.2 Å². The Bertz CT molecular complexity index is 654. The normalized spacial score (nSPS) is 14.6. The van der Waals surface area contributed by atoms with Crippen LogP contribution in [0.4, 0.5) is 5.13 Å². The van der Waals surface area contributed by atoms with Crippen LogP contribution in [0.2, 0.25) is 10.0 Å². The minimum Gasteiger partial charge on any atom is -0.356 e. The minimum atomic E-state index is 0.600. The second-order valence-corrected chi connectivity index (χ2v) is 6.00. The van der Waals surface area contributed by atoms with E-state index in [1.165, 1.54) is 11.3 Å². The van der Waals surface area contributed by atoms with E-state index in [0.717, 1.165) is 41.9 Å². The summed E-state index contributed by atoms with van der Waals surface area (Å²) < 4.78 is 0. The summed E-state index contributed by atoms with van der Waals surface area (Å²) in [6, 6.07) is 5.40. The highest BCUT2D eigenvalue weighted by molar-refractivity contribution is 7.14. The van der Waals surface area contributed by atoms with Crippen molar-refractivity contribution in [3.8, 4) is 11.3 Å². The van der Waals surface area contributed by atoms with Crippen molar-refractivity contribution in [3.63, 3.8) is 0 Å². The van der Waals surface area contributed by atoms with Gasteiger partial charge in [-0.15, -0.1) is 11.3 Å². The molecule has 1 aromatic heterocycles. The highest BCUT2D eigenvalue weighted by Gasteiger charge is 2.11. The molecule has 0 spiro atoms. The zero-order chi connectivity index (χ0) is 13.9. The third-order valence-corrected chi connectivity index (χ3v) is 4.14. The van der Waals surface area contributed by atoms with Gasteiger partial charge in [-0.2, -0.15) is 0 Å². The van der Waals surface area contributed by atoms with Gasteiger partial charge in [-0.25, -0.2) is 4.98 Å². The van der Waals surface area contributed by atoms with Gasteiger partial charge in [0.1, 0.15) is 0 Å². The van der Waals surface area contributed by atoms with E-state index in [1.54, 1.807) is 6.07 Å². The maximum atomic E-state index is 6.19. The van der Waals surface area contributed by atoms with Gasteiger partial charge in [0.2, 0.25) is 0 Å². The number of nitrogens with one attached hydrogen (secondary N) is 2. The predicted octanol–water partition coefficient (Wildman–Crippen LogP) is 3.88. The Morgan fingerprint density at radius 2 is 2.20 bits per heavy atom. The van der Waals surface area contributed by atoms with E-state index in [-0.39, 0.29) is 0 Å². The molecule has 3 rings (SSSR count). The smallest absolute Gasteiger partial charge is 0.197 e. The minimum absolute atomic E-state index is 0.600. The molecule has 1 aromatic carbocycles. The molecule has 104 valence electrons. The number of hydrogen-bond donors (Lipinski definition) is 2. The molecule has 1 aliphatic heterocycles. The van der Waals surface area contributed by atoms with Crippen molar-refractivity contribution in [1.29, 1.82) is 0 Å². The summed E-state index contributed by atoms with van der Waals surface area (Å²) in [5.74, 6) is 0.777. The molecule has 4 nitrogen and oxygen atoms in total. The number of anilines is 1. The number of benzene rings is 1. The molecule has 0 saturated carbocycles. The van der Waals surface area contributed by atoms with Crippen molar-refractivity contribution in [1.82, 2.24) is 10.3 Å². The largest absolute Gasteiger partial charge is 0.356 e. The van der Waals surface area contributed by atoms with Gasteiger partial charge in [0.05, 0.1) is 10.7 Å². The number of aliphatic imine (C=N–C) groups is 1. The Kier molecular flexibility index (Phi) is 4.10. The maximum Gasteiger partial charge on any atom is 0.197 e. The van der Waals surface area contributed by atoms with Crippen molar-refractivity contribution < 1.29 is 0 Å². The first-order chi connectivity index (χ1) is 9.72. The average molecular weight is 327 g/mol. The molecule has 20 heavy (non-hydrogen) atoms. The molecule has 1 aliphatic rings. The van der Waals surface area contributed by atoms with E-state index in [9.17, 15) is 0 Å². The van der Waals surface area contributed by atoms with Crippen LogP contribution in [0.1, 0.15) is 6.42 Å². The van der Waals surface area contributed by atoms with Gasteiger partial charge < -0.3 is 10.6 Å². The van der Waals surface area contributed by atoms with E-state index >= 15 is 0 Å². The molecule has 0 saturated heterocycles. The summed E-state index contributed by atoms with van der Waals surface area (Å²) in [5, 5.41) is 10.3. The van der Waals surface area contributed by atoms with E-state index in [4.69, 9.17) is 23.2 Å². The van der Waals surface area contributed by atoms with Crippen molar-refractivity contribution in [2.24, 2.45) is 4.99 Å². The van der Waals surface area contributed by atoms with Crippen LogP contribution in [0.25, 0.3) is 11.3 Å². The molecule has 2 heterocycles. The standard InChI is InChI=1S/C13H12Cl2N4S/c14-8-2-3-9(10(15)6-8)11-7-20-13(18-11)19-12-16-4-1-5-17-12/h2-3,6-7H,1,4-5H2,(H2,16,17,18,19). The summed E-state index contributed by atoms with van der Waals surface area (Å²) >= 11 is 13.6. The third kappa shape index (κ3) is 3.06. The number of aromatic nitrogens is 1. The molecule has 2 aromatic rings. The molecule has 0 bridgehead atoms. The summed E-state index contributed by atoms with van der Waals surface area (Å²) in [7, 11) is 0. The first-order valence-electron chi connectivity index (χ1n) is 6.19. The molecule has 0 unspecified atom stereocenters. The molecular formula is C13H12Cl2N4S. The zero-order valence-corrected chi connectivity index (χ0v) is 12.8. The van der Waals surface area contributed by atoms with Crippen LogP contribution in [0, 0.1) is 0 Å². The van der Waals surface area contributed by atoms with E-state index in [1.807, 2.05) is 17.5 Å². The summed E-state index contributed by atoms with van der Waals surface area (Å²) in [4.78, 5) is 8.88. The van der Waals surface area contributed by atoms with Crippen LogP contribution in [0.15, 0.2) is 28.6 Å². The lowest BCUT2D eigenvalue weighted by atomic mass is 10.2. The average Bonchev–Trinajstić information content (AvgIpc) is 2.88. The van der Waals surface area contributed by atoms with Crippen LogP contribution in [0.3, 0.4) is 0 Å². The fraction of sp³-hybridized carbons (Fsp3) is 0.231. The van der Waals surface area contributed by atoms with Gasteiger partial charge in [-0.05, 0) is 24.6 Å². The lowest BCUT2D eigenvalue weighted by Crippen LogP contribution is -2.35. The van der Waals surface area contributed by atoms with Gasteiger partial charge in [0, 0.05) is 29.1 Å². The van der Waals surface area contributed by atoms with Crippen LogP contribution >= 0.6 is 34.5 Å². The van der Waals surface area contributed by atoms with Gasteiger partial charge in [0.15, 0.2) is 11.1 Å². The van der Waals surface area contributed by atoms with Crippen molar-refractivity contribution >= 4 is 45.6 Å². The topological polar surface area (TPSA) is 49.3 Å². The molecule has 0 radical (unpaired) electrons. The first kappa shape index (κ1) is 13.7. The Hall–Kier alpha value is -1.30. The molecule has 0 amide bonds. The lowest BCUT2D eigenvalue weighted by molar-refractivity contribution is 0.740. The fourth-order valence-electron chi connectivity index (χ4n) is 1.87. The highest BCUT2D eigenvalue weighted by atomic mass is 35.5. The molecule has 2 N–H and O–H groups in total. The number of guanidine groups is 1. The number of nitrogens with zero attached hydrogens (tertiary/aromatic N) is 2. The lowest BCUT2D eigenvalue weighted by Gasteiger charge is -2.14. The Labute approximate surface area is 130 Å². The fourth-order valence-corrected chi connectivity index (χ4v) is 3.08. The van der Waals surface area contributed by atoms with Crippen molar-refractivity contribution in [2.45, 2.75) is 6.42 Å². The monoisotopic (exact) mass is 326 g/mol. The van der Waals surface area contributed by atoms with E-state index in [2.05, 4.69) is 20.6 Å². The predicted molar refractivity (Wildman–Crippen MR) is 86.1 cm³/mol. The number of hydrogen-bond acceptors (Lipinski definition) is 5. The van der Waals surface area contributed by atoms with Crippen LogP contribution in [-0.2, 0) is 0 Å². The van der Waals surface area contributed by atoms with Crippen molar-refractivity contribution in [3.05, 3.63) is 33.6 Å². The summed E-state index contributed by atoms with van der Waals surface area (Å²) in [6.07, 6.45) is 1.06. The van der Waals surface area contributed by atoms with Crippen LogP contribution < -0.4 is 10.6 Å². The molecule has 0 atom stereocenters. The number of rotatable bonds is 2. The number of thiazole rings is 1. The van der Waals surface area contributed by atoms with Crippen molar-refractivity contribution in [2.75, 3.05) is 18.4 Å². The SMILES string of the molecule is Clc1ccc(-c2csc(NC3=NCCCN3)n2)c(Cl)c1. The zero-order valence-electron chi connectivity index (χ0n) is 10.5. The number of halogens is 2. The van der Waals surface area contributed by atoms with E-state index in [0.29, 0.717) is 10.0 Å². The van der Waals surface area contributed by atoms with Gasteiger partial charge >= 0.3 is 0 Å². The Morgan fingerprint density at radius 3 is 2.95 bits per heavy atom. The summed E-state index contributed by atoms with van der Waals surface area (Å²) in [5.41, 5.74) is 1.70. The quantitative estimate of drug-likeness (QED) is 0.880. The third-order valence-electron chi connectivity index (χ3n) is 2.83. The van der Waals surface area contributed by atoms with Gasteiger partial charge in [0.25, 0.3) is 0 Å². The maximum absolute atomic E-state index is 6.19. The second-order valence-electron chi connectivity index (χ2n) is 4.30. The Balaban J connectivity index is 1.81. The van der Waals surface area contributed by atoms with Crippen LogP contribution in [-0.4, -0.2) is 24.0 Å². The first-order valence-corrected chi connectivity index (χ1v) is 7.82. The summed E-state index contributed by atoms with van der Waals surface area (Å²) in [6.45, 7) is 1.78. The molecule has 0 aliphatic carbocycles. The molecular weight excluding hydrogens is 315 g/mol. The van der Waals surface area contributed by atoms with Gasteiger partial charge in [-0.3, -0.25) is 4.99 Å². The van der Waals surface area contributed by atoms with Crippen LogP contribution in [0.5, 0.6) is 0 Å².